The molecule has 4 nitrogen and oxygen atoms in total. The first-order valence-electron chi connectivity index (χ1n) is 12.3. The Bertz CT molecular complexity index is 815. The number of nitrogens with zero attached hydrogens (tertiary/aromatic N) is 3. The summed E-state index contributed by atoms with van der Waals surface area (Å²) >= 11 is 0. The number of hydrogen-bond donors (Lipinski definition) is 0. The molecule has 0 saturated carbocycles. The number of rotatable bonds is 7. The van der Waals surface area contributed by atoms with E-state index in [1.54, 1.807) is 0 Å². The second kappa shape index (κ2) is 9.25. The predicted octanol–water partition coefficient (Wildman–Crippen LogP) is 4.69. The molecule has 0 bridgehead atoms. The molecule has 1 atom stereocenters. The van der Waals surface area contributed by atoms with Crippen LogP contribution in [0.4, 0.5) is 0 Å². The third-order valence-electron chi connectivity index (χ3n) is 7.72. The number of fused-ring (bicyclic) bond motifs is 1. The number of quaternary nitrogens is 1. The fourth-order valence-electron chi connectivity index (χ4n) is 6.09. The molecule has 3 fully saturated rings. The van der Waals surface area contributed by atoms with E-state index < -0.39 is 0 Å². The lowest BCUT2D eigenvalue weighted by Gasteiger charge is -2.47. The molecule has 0 spiro atoms. The summed E-state index contributed by atoms with van der Waals surface area (Å²) in [4.78, 5) is 2.73. The van der Waals surface area contributed by atoms with Crippen molar-refractivity contribution < 1.29 is 9.33 Å². The van der Waals surface area contributed by atoms with Crippen molar-refractivity contribution in [2.24, 2.45) is 0 Å². The molecule has 3 heterocycles. The summed E-state index contributed by atoms with van der Waals surface area (Å²) < 4.78 is 7.79. The van der Waals surface area contributed by atoms with Gasteiger partial charge in [-0.25, -0.2) is 4.59 Å². The van der Waals surface area contributed by atoms with E-state index in [1.807, 2.05) is 0 Å². The quantitative estimate of drug-likeness (QED) is 0.618. The van der Waals surface area contributed by atoms with Crippen LogP contribution in [0.2, 0.25) is 0 Å². The highest BCUT2D eigenvalue weighted by Gasteiger charge is 2.43. The lowest BCUT2D eigenvalue weighted by molar-refractivity contribution is -1.03. The molecule has 0 radical (unpaired) electrons. The van der Waals surface area contributed by atoms with Gasteiger partial charge in [0.05, 0.1) is 19.1 Å². The standard InChI is InChI=1S/C26H38N3O/c1-4-17-28(18-5-1)29(19-8-9-20-29)21-24(27-15-6-7-16-27)22-30-26-14-10-12-23-11-2-3-13-25(23)26/h2-3,10-14,24H,1,4-9,15-22H2/q+1. The van der Waals surface area contributed by atoms with Gasteiger partial charge in [0.25, 0.3) is 0 Å². The van der Waals surface area contributed by atoms with E-state index in [0.717, 1.165) is 12.4 Å². The third kappa shape index (κ3) is 4.23. The van der Waals surface area contributed by atoms with Crippen molar-refractivity contribution in [3.8, 4) is 5.75 Å². The van der Waals surface area contributed by atoms with E-state index in [4.69, 9.17) is 4.74 Å². The van der Waals surface area contributed by atoms with Crippen LogP contribution in [0.15, 0.2) is 42.5 Å². The van der Waals surface area contributed by atoms with Crippen LogP contribution in [-0.4, -0.2) is 73.0 Å². The van der Waals surface area contributed by atoms with Gasteiger partial charge in [-0.1, -0.05) is 42.8 Å². The first-order chi connectivity index (χ1) is 14.8. The molecule has 162 valence electrons. The molecule has 30 heavy (non-hydrogen) atoms. The summed E-state index contributed by atoms with van der Waals surface area (Å²) in [5.74, 6) is 1.04. The van der Waals surface area contributed by atoms with Gasteiger partial charge in [-0.05, 0) is 50.2 Å². The third-order valence-corrected chi connectivity index (χ3v) is 7.72. The topological polar surface area (TPSA) is 15.7 Å². The van der Waals surface area contributed by atoms with E-state index in [0.29, 0.717) is 6.04 Å². The summed E-state index contributed by atoms with van der Waals surface area (Å²) in [7, 11) is 0. The van der Waals surface area contributed by atoms with E-state index in [2.05, 4.69) is 52.4 Å². The van der Waals surface area contributed by atoms with Crippen molar-refractivity contribution in [1.82, 2.24) is 9.91 Å². The second-order valence-corrected chi connectivity index (χ2v) is 9.63. The lowest BCUT2D eigenvalue weighted by Crippen LogP contribution is -2.64. The zero-order valence-corrected chi connectivity index (χ0v) is 18.5. The highest BCUT2D eigenvalue weighted by molar-refractivity contribution is 5.88. The average molecular weight is 409 g/mol. The van der Waals surface area contributed by atoms with Gasteiger partial charge in [0.1, 0.15) is 18.9 Å². The minimum atomic E-state index is 0.506. The van der Waals surface area contributed by atoms with E-state index in [1.165, 1.54) is 106 Å². The van der Waals surface area contributed by atoms with Crippen molar-refractivity contribution in [1.29, 1.82) is 0 Å². The maximum absolute atomic E-state index is 6.57. The molecule has 2 aromatic rings. The smallest absolute Gasteiger partial charge is 0.127 e. The van der Waals surface area contributed by atoms with Crippen molar-refractivity contribution in [2.45, 2.75) is 51.0 Å². The minimum absolute atomic E-state index is 0.506. The average Bonchev–Trinajstić information content (AvgIpc) is 3.50. The molecule has 0 aliphatic carbocycles. The van der Waals surface area contributed by atoms with Gasteiger partial charge in [-0.3, -0.25) is 4.90 Å². The Morgan fingerprint density at radius 2 is 1.47 bits per heavy atom. The van der Waals surface area contributed by atoms with Gasteiger partial charge < -0.3 is 4.74 Å². The van der Waals surface area contributed by atoms with Crippen molar-refractivity contribution in [3.63, 3.8) is 0 Å². The zero-order chi connectivity index (χ0) is 20.2. The van der Waals surface area contributed by atoms with Crippen LogP contribution in [0, 0.1) is 0 Å². The fraction of sp³-hybridized carbons (Fsp3) is 0.615. The molecule has 0 amide bonds. The van der Waals surface area contributed by atoms with Crippen LogP contribution in [0.25, 0.3) is 10.8 Å². The Morgan fingerprint density at radius 3 is 2.27 bits per heavy atom. The molecule has 3 aliphatic rings. The molecular formula is C26H38N3O+. The summed E-state index contributed by atoms with van der Waals surface area (Å²) in [5, 5.41) is 5.34. The zero-order valence-electron chi connectivity index (χ0n) is 18.5. The van der Waals surface area contributed by atoms with Gasteiger partial charge in [0.15, 0.2) is 0 Å². The number of benzene rings is 2. The van der Waals surface area contributed by atoms with Crippen LogP contribution in [-0.2, 0) is 0 Å². The van der Waals surface area contributed by atoms with Gasteiger partial charge in [-0.15, -0.1) is 0 Å². The summed E-state index contributed by atoms with van der Waals surface area (Å²) in [5.41, 5.74) is 0. The molecule has 2 aromatic carbocycles. The maximum Gasteiger partial charge on any atom is 0.127 e. The fourth-order valence-corrected chi connectivity index (χ4v) is 6.09. The Balaban J connectivity index is 1.35. The first kappa shape index (κ1) is 20.3. The predicted molar refractivity (Wildman–Crippen MR) is 124 cm³/mol. The highest BCUT2D eigenvalue weighted by atomic mass is 16.5. The van der Waals surface area contributed by atoms with E-state index in [-0.39, 0.29) is 0 Å². The van der Waals surface area contributed by atoms with Gasteiger partial charge in [-0.2, -0.15) is 5.01 Å². The van der Waals surface area contributed by atoms with Crippen LogP contribution in [0.3, 0.4) is 0 Å². The second-order valence-electron chi connectivity index (χ2n) is 9.63. The molecular weight excluding hydrogens is 370 g/mol. The van der Waals surface area contributed by atoms with Gasteiger partial charge >= 0.3 is 0 Å². The summed E-state index contributed by atoms with van der Waals surface area (Å²) in [6.45, 7) is 9.75. The first-order valence-corrected chi connectivity index (χ1v) is 12.3. The van der Waals surface area contributed by atoms with E-state index in [9.17, 15) is 0 Å². The summed E-state index contributed by atoms with van der Waals surface area (Å²) in [6.07, 6.45) is 9.61. The van der Waals surface area contributed by atoms with Crippen molar-refractivity contribution in [2.75, 3.05) is 52.4 Å². The number of ether oxygens (including phenoxy) is 1. The van der Waals surface area contributed by atoms with Crippen LogP contribution in [0.1, 0.15) is 44.9 Å². The molecule has 0 aromatic heterocycles. The Morgan fingerprint density at radius 1 is 0.767 bits per heavy atom. The Kier molecular flexibility index (Phi) is 6.26. The molecule has 3 aliphatic heterocycles. The van der Waals surface area contributed by atoms with Gasteiger partial charge in [0.2, 0.25) is 0 Å². The van der Waals surface area contributed by atoms with Crippen LogP contribution >= 0.6 is 0 Å². The molecule has 4 heteroatoms. The van der Waals surface area contributed by atoms with Crippen molar-refractivity contribution >= 4 is 10.8 Å². The molecule has 3 saturated heterocycles. The minimum Gasteiger partial charge on any atom is -0.491 e. The van der Waals surface area contributed by atoms with E-state index >= 15 is 0 Å². The monoisotopic (exact) mass is 408 g/mol. The largest absolute Gasteiger partial charge is 0.491 e. The van der Waals surface area contributed by atoms with Crippen molar-refractivity contribution in [3.05, 3.63) is 42.5 Å². The normalized spacial score (nSPS) is 23.7. The number of likely N-dealkylation sites (tertiary alicyclic amines) is 2. The van der Waals surface area contributed by atoms with Gasteiger partial charge in [0, 0.05) is 31.3 Å². The molecule has 0 N–H and O–H groups in total. The summed E-state index contributed by atoms with van der Waals surface area (Å²) in [6, 6.07) is 15.6. The number of piperidine rings is 1. The Hall–Kier alpha value is -1.62. The van der Waals surface area contributed by atoms with Crippen LogP contribution < -0.4 is 4.74 Å². The Labute approximate surface area is 182 Å². The highest BCUT2D eigenvalue weighted by Crippen LogP contribution is 2.30. The number of hydrogen-bond acceptors (Lipinski definition) is 3. The maximum atomic E-state index is 6.57. The molecule has 1 unspecified atom stereocenters. The van der Waals surface area contributed by atoms with Crippen LogP contribution in [0.5, 0.6) is 5.75 Å². The molecule has 5 rings (SSSR count). The lowest BCUT2D eigenvalue weighted by atomic mass is 10.1. The SMILES string of the molecule is c1ccc2c(OCC(C[N+]3(N4CCCCC4)CCCC3)N3CCCC3)cccc2c1.